The summed E-state index contributed by atoms with van der Waals surface area (Å²) in [5, 5.41) is 22.5. The van der Waals surface area contributed by atoms with Gasteiger partial charge >= 0.3 is 0 Å². The van der Waals surface area contributed by atoms with Crippen LogP contribution in [0.5, 0.6) is 5.75 Å². The second-order valence-electron chi connectivity index (χ2n) is 4.01. The lowest BCUT2D eigenvalue weighted by Gasteiger charge is -2.16. The average Bonchev–Trinajstić information content (AvgIpc) is 2.79. The predicted octanol–water partition coefficient (Wildman–Crippen LogP) is 1.36. The van der Waals surface area contributed by atoms with Crippen molar-refractivity contribution in [3.05, 3.63) is 27.7 Å². The number of aromatic hydroxyl groups is 1. The quantitative estimate of drug-likeness (QED) is 0.675. The van der Waals surface area contributed by atoms with Gasteiger partial charge in [-0.3, -0.25) is 10.7 Å². The van der Waals surface area contributed by atoms with Gasteiger partial charge in [0.15, 0.2) is 0 Å². The zero-order chi connectivity index (χ0) is 13.1. The monoisotopic (exact) mass is 286 g/mol. The van der Waals surface area contributed by atoms with Crippen LogP contribution in [-0.4, -0.2) is 17.8 Å². The fourth-order valence-electron chi connectivity index (χ4n) is 1.78. The van der Waals surface area contributed by atoms with E-state index in [1.807, 2.05) is 0 Å². The molecule has 1 fully saturated rings. The van der Waals surface area contributed by atoms with Crippen molar-refractivity contribution in [1.29, 1.82) is 5.26 Å². The van der Waals surface area contributed by atoms with Crippen molar-refractivity contribution in [1.82, 2.24) is 16.2 Å². The minimum absolute atomic E-state index is 0.00744. The number of hydrazine groups is 1. The van der Waals surface area contributed by atoms with Gasteiger partial charge in [-0.1, -0.05) is 23.2 Å². The van der Waals surface area contributed by atoms with E-state index < -0.39 is 0 Å². The van der Waals surface area contributed by atoms with Gasteiger partial charge in [-0.15, -0.1) is 0 Å². The first kappa shape index (κ1) is 13.4. The largest absolute Gasteiger partial charge is 0.506 e. The van der Waals surface area contributed by atoms with Crippen molar-refractivity contribution in [3.8, 4) is 11.8 Å². The Kier molecular flexibility index (Phi) is 4.27. The third-order valence-corrected chi connectivity index (χ3v) is 3.27. The van der Waals surface area contributed by atoms with Crippen LogP contribution in [0.2, 0.25) is 10.0 Å². The van der Waals surface area contributed by atoms with Crippen LogP contribution in [-0.2, 0) is 6.54 Å². The van der Waals surface area contributed by atoms with Gasteiger partial charge in [-0.25, -0.2) is 5.43 Å². The zero-order valence-electron chi connectivity index (χ0n) is 9.37. The molecule has 2 atom stereocenters. The van der Waals surface area contributed by atoms with E-state index in [1.165, 1.54) is 6.07 Å². The van der Waals surface area contributed by atoms with Crippen LogP contribution in [0.4, 0.5) is 0 Å². The van der Waals surface area contributed by atoms with Gasteiger partial charge in [0.25, 0.3) is 0 Å². The van der Waals surface area contributed by atoms with E-state index in [1.54, 1.807) is 6.07 Å². The molecule has 1 aromatic carbocycles. The van der Waals surface area contributed by atoms with Gasteiger partial charge in [0.1, 0.15) is 5.75 Å². The molecule has 0 amide bonds. The van der Waals surface area contributed by atoms with E-state index >= 15 is 0 Å². The molecule has 0 spiro atoms. The number of nitrogens with one attached hydrogen (secondary N) is 3. The number of phenolic OH excluding ortho intramolecular Hbond substituents is 1. The number of phenols is 1. The molecule has 96 valence electrons. The van der Waals surface area contributed by atoms with E-state index in [2.05, 4.69) is 22.2 Å². The number of rotatable bonds is 3. The Balaban J connectivity index is 2.04. The van der Waals surface area contributed by atoms with Crippen molar-refractivity contribution in [2.75, 3.05) is 6.54 Å². The van der Waals surface area contributed by atoms with Crippen LogP contribution >= 0.6 is 23.2 Å². The SMILES string of the molecule is N#CC1CNNC1NCc1cc(Cl)cc(Cl)c1O. The summed E-state index contributed by atoms with van der Waals surface area (Å²) in [6.07, 6.45) is -0.174. The van der Waals surface area contributed by atoms with Crippen molar-refractivity contribution in [2.24, 2.45) is 5.92 Å². The highest BCUT2D eigenvalue weighted by molar-refractivity contribution is 6.35. The Morgan fingerprint density at radius 2 is 2.28 bits per heavy atom. The molecule has 0 aliphatic carbocycles. The Morgan fingerprint density at radius 1 is 1.50 bits per heavy atom. The molecular formula is C11H12Cl2N4O. The van der Waals surface area contributed by atoms with E-state index in [-0.39, 0.29) is 22.9 Å². The third kappa shape index (κ3) is 2.86. The lowest BCUT2D eigenvalue weighted by atomic mass is 10.1. The van der Waals surface area contributed by atoms with Crippen molar-refractivity contribution in [2.45, 2.75) is 12.7 Å². The first-order chi connectivity index (χ1) is 8.61. The molecule has 18 heavy (non-hydrogen) atoms. The van der Waals surface area contributed by atoms with Crippen LogP contribution in [0.1, 0.15) is 5.56 Å². The molecule has 0 bridgehead atoms. The molecule has 1 saturated heterocycles. The maximum Gasteiger partial charge on any atom is 0.138 e. The highest BCUT2D eigenvalue weighted by Crippen LogP contribution is 2.31. The van der Waals surface area contributed by atoms with Gasteiger partial charge in [-0.2, -0.15) is 5.26 Å². The van der Waals surface area contributed by atoms with E-state index in [0.717, 1.165) is 0 Å². The molecule has 0 radical (unpaired) electrons. The normalized spacial score (nSPS) is 22.9. The van der Waals surface area contributed by atoms with Crippen LogP contribution in [0.25, 0.3) is 0 Å². The lowest BCUT2D eigenvalue weighted by molar-refractivity contribution is 0.411. The van der Waals surface area contributed by atoms with Gasteiger partial charge in [-0.05, 0) is 12.1 Å². The van der Waals surface area contributed by atoms with Gasteiger partial charge in [0.2, 0.25) is 0 Å². The topological polar surface area (TPSA) is 80.1 Å². The summed E-state index contributed by atoms with van der Waals surface area (Å²) in [5.74, 6) is -0.158. The highest BCUT2D eigenvalue weighted by Gasteiger charge is 2.26. The smallest absolute Gasteiger partial charge is 0.138 e. The van der Waals surface area contributed by atoms with Crippen LogP contribution in [0.3, 0.4) is 0 Å². The second-order valence-corrected chi connectivity index (χ2v) is 4.86. The first-order valence-electron chi connectivity index (χ1n) is 5.40. The van der Waals surface area contributed by atoms with E-state index in [0.29, 0.717) is 23.7 Å². The standard InChI is InChI=1S/C11H12Cl2N4O/c12-8-1-6(10(18)9(13)2-8)4-15-11-7(3-14)5-16-17-11/h1-2,7,11,15-18H,4-5H2. The summed E-state index contributed by atoms with van der Waals surface area (Å²) in [4.78, 5) is 0. The summed E-state index contributed by atoms with van der Waals surface area (Å²) in [6, 6.07) is 5.31. The molecule has 1 heterocycles. The number of halogens is 2. The molecule has 7 heteroatoms. The molecule has 5 nitrogen and oxygen atoms in total. The van der Waals surface area contributed by atoms with Crippen molar-refractivity contribution < 1.29 is 5.11 Å². The molecular weight excluding hydrogens is 275 g/mol. The molecule has 0 aromatic heterocycles. The van der Waals surface area contributed by atoms with Crippen molar-refractivity contribution >= 4 is 23.2 Å². The number of nitrogens with zero attached hydrogens (tertiary/aromatic N) is 1. The summed E-state index contributed by atoms with van der Waals surface area (Å²) in [6.45, 7) is 0.945. The van der Waals surface area contributed by atoms with Gasteiger partial charge in [0, 0.05) is 23.7 Å². The maximum absolute atomic E-state index is 9.79. The van der Waals surface area contributed by atoms with Gasteiger partial charge < -0.3 is 5.11 Å². The third-order valence-electron chi connectivity index (χ3n) is 2.77. The second kappa shape index (κ2) is 5.74. The molecule has 2 unspecified atom stereocenters. The number of benzene rings is 1. The average molecular weight is 287 g/mol. The summed E-state index contributed by atoms with van der Waals surface area (Å²) >= 11 is 11.7. The van der Waals surface area contributed by atoms with Crippen molar-refractivity contribution in [3.63, 3.8) is 0 Å². The highest BCUT2D eigenvalue weighted by atomic mass is 35.5. The van der Waals surface area contributed by atoms with Crippen LogP contribution < -0.4 is 16.2 Å². The minimum atomic E-state index is -0.174. The number of hydrogen-bond acceptors (Lipinski definition) is 5. The minimum Gasteiger partial charge on any atom is -0.506 e. The molecule has 1 aliphatic heterocycles. The number of hydrogen-bond donors (Lipinski definition) is 4. The maximum atomic E-state index is 9.79. The Bertz CT molecular complexity index is 489. The van der Waals surface area contributed by atoms with Crippen LogP contribution in [0.15, 0.2) is 12.1 Å². The molecule has 2 rings (SSSR count). The van der Waals surface area contributed by atoms with E-state index in [9.17, 15) is 5.11 Å². The van der Waals surface area contributed by atoms with Crippen LogP contribution in [0, 0.1) is 17.2 Å². The fourth-order valence-corrected chi connectivity index (χ4v) is 2.32. The summed E-state index contributed by atoms with van der Waals surface area (Å²) in [5.41, 5.74) is 6.44. The molecule has 1 aromatic rings. The molecule has 4 N–H and O–H groups in total. The zero-order valence-corrected chi connectivity index (χ0v) is 10.9. The lowest BCUT2D eigenvalue weighted by Crippen LogP contribution is -2.43. The van der Waals surface area contributed by atoms with E-state index in [4.69, 9.17) is 28.5 Å². The summed E-state index contributed by atoms with van der Waals surface area (Å²) < 4.78 is 0. The van der Waals surface area contributed by atoms with Gasteiger partial charge in [0.05, 0.1) is 23.2 Å². The first-order valence-corrected chi connectivity index (χ1v) is 6.15. The number of nitriles is 1. The molecule has 0 saturated carbocycles. The Labute approximate surface area is 115 Å². The predicted molar refractivity (Wildman–Crippen MR) is 69.0 cm³/mol. The fraction of sp³-hybridized carbons (Fsp3) is 0.364. The summed E-state index contributed by atoms with van der Waals surface area (Å²) in [7, 11) is 0. The Morgan fingerprint density at radius 3 is 3.00 bits per heavy atom. The molecule has 1 aliphatic rings. The Hall–Kier alpha value is -1.03.